The van der Waals surface area contributed by atoms with Gasteiger partial charge in [0.2, 0.25) is 6.29 Å². The Balaban J connectivity index is 2.86. The Hall–Kier alpha value is -1.57. The maximum Gasteiger partial charge on any atom is 0.235 e. The molecule has 1 radical (unpaired) electrons. The molecule has 2 rings (SSSR count). The number of aromatic amines is 1. The zero-order valence-corrected chi connectivity index (χ0v) is 6.72. The number of fused-ring (bicyclic) bond motifs is 1. The summed E-state index contributed by atoms with van der Waals surface area (Å²) < 4.78 is 0. The first-order valence-electron chi connectivity index (χ1n) is 3.78. The van der Waals surface area contributed by atoms with E-state index in [9.17, 15) is 4.79 Å². The number of nitrogens with one attached hydrogen (secondary N) is 1. The molecular formula is C10H8NO. The fourth-order valence-electron chi connectivity index (χ4n) is 1.38. The van der Waals surface area contributed by atoms with Gasteiger partial charge < -0.3 is 4.98 Å². The first kappa shape index (κ1) is 7.10. The van der Waals surface area contributed by atoms with Crippen molar-refractivity contribution in [1.82, 2.24) is 4.98 Å². The van der Waals surface area contributed by atoms with Crippen LogP contribution in [-0.2, 0) is 4.79 Å². The second kappa shape index (κ2) is 2.48. The maximum atomic E-state index is 10.5. The molecule has 0 unspecified atom stereocenters. The topological polar surface area (TPSA) is 32.9 Å². The number of hydrogen-bond donors (Lipinski definition) is 1. The van der Waals surface area contributed by atoms with Gasteiger partial charge in [0.05, 0.1) is 11.1 Å². The van der Waals surface area contributed by atoms with Gasteiger partial charge in [0.1, 0.15) is 0 Å². The van der Waals surface area contributed by atoms with Crippen LogP contribution >= 0.6 is 0 Å². The van der Waals surface area contributed by atoms with E-state index in [1.165, 1.54) is 0 Å². The van der Waals surface area contributed by atoms with Crippen LogP contribution in [0.25, 0.3) is 10.9 Å². The van der Waals surface area contributed by atoms with Crippen LogP contribution in [0.15, 0.2) is 24.3 Å². The number of rotatable bonds is 1. The quantitative estimate of drug-likeness (QED) is 0.675. The lowest BCUT2D eigenvalue weighted by atomic mass is 10.2. The Kier molecular flexibility index (Phi) is 1.47. The zero-order valence-electron chi connectivity index (χ0n) is 6.72. The van der Waals surface area contributed by atoms with Crippen molar-refractivity contribution in [3.63, 3.8) is 0 Å². The molecule has 12 heavy (non-hydrogen) atoms. The van der Waals surface area contributed by atoms with Crippen LogP contribution in [0, 0.1) is 6.92 Å². The van der Waals surface area contributed by atoms with Gasteiger partial charge in [-0.05, 0) is 19.1 Å². The van der Waals surface area contributed by atoms with Crippen molar-refractivity contribution in [3.05, 3.63) is 35.5 Å². The summed E-state index contributed by atoms with van der Waals surface area (Å²) in [7, 11) is 0. The maximum absolute atomic E-state index is 10.5. The van der Waals surface area contributed by atoms with E-state index in [1.807, 2.05) is 31.4 Å². The fraction of sp³-hybridized carbons (Fsp3) is 0.100. The van der Waals surface area contributed by atoms with Crippen LogP contribution < -0.4 is 0 Å². The SMILES string of the molecule is Cc1cc2cccc([C]=O)c2[nH]1. The third-order valence-electron chi connectivity index (χ3n) is 1.90. The lowest BCUT2D eigenvalue weighted by molar-refractivity contribution is 0.563. The molecule has 1 N–H and O–H groups in total. The van der Waals surface area contributed by atoms with Crippen molar-refractivity contribution in [2.45, 2.75) is 6.92 Å². The van der Waals surface area contributed by atoms with E-state index in [-0.39, 0.29) is 0 Å². The average Bonchev–Trinajstić information content (AvgIpc) is 2.44. The van der Waals surface area contributed by atoms with Gasteiger partial charge in [-0.25, -0.2) is 0 Å². The number of H-pyrrole nitrogens is 1. The van der Waals surface area contributed by atoms with Gasteiger partial charge >= 0.3 is 0 Å². The molecule has 59 valence electrons. The molecule has 1 aromatic carbocycles. The average molecular weight is 158 g/mol. The van der Waals surface area contributed by atoms with Gasteiger partial charge in [0.15, 0.2) is 0 Å². The summed E-state index contributed by atoms with van der Waals surface area (Å²) in [6.07, 6.45) is 1.90. The van der Waals surface area contributed by atoms with E-state index in [0.29, 0.717) is 5.56 Å². The summed E-state index contributed by atoms with van der Waals surface area (Å²) in [4.78, 5) is 13.6. The molecule has 2 nitrogen and oxygen atoms in total. The minimum absolute atomic E-state index is 0.598. The third-order valence-corrected chi connectivity index (χ3v) is 1.90. The normalized spacial score (nSPS) is 10.4. The van der Waals surface area contributed by atoms with Gasteiger partial charge in [-0.2, -0.15) is 0 Å². The van der Waals surface area contributed by atoms with Gasteiger partial charge in [-0.3, -0.25) is 4.79 Å². The molecule has 0 amide bonds. The molecule has 2 aromatic rings. The summed E-state index contributed by atoms with van der Waals surface area (Å²) in [5.74, 6) is 0. The molecule has 0 spiro atoms. The van der Waals surface area contributed by atoms with E-state index < -0.39 is 0 Å². The highest BCUT2D eigenvalue weighted by molar-refractivity contribution is 5.96. The summed E-state index contributed by atoms with van der Waals surface area (Å²) >= 11 is 0. The number of hydrogen-bond acceptors (Lipinski definition) is 1. The number of carbonyl (C=O) groups excluding carboxylic acids is 1. The van der Waals surface area contributed by atoms with Crippen molar-refractivity contribution in [2.24, 2.45) is 0 Å². The molecule has 2 heteroatoms. The highest BCUT2D eigenvalue weighted by atomic mass is 16.1. The van der Waals surface area contributed by atoms with Crippen LogP contribution in [-0.4, -0.2) is 11.3 Å². The molecule has 1 aromatic heterocycles. The molecule has 0 saturated carbocycles. The van der Waals surface area contributed by atoms with Crippen LogP contribution in [0.1, 0.15) is 11.3 Å². The lowest BCUT2D eigenvalue weighted by Gasteiger charge is -1.91. The Morgan fingerprint density at radius 2 is 2.25 bits per heavy atom. The first-order chi connectivity index (χ1) is 5.81. The van der Waals surface area contributed by atoms with Gasteiger partial charge in [-0.1, -0.05) is 12.1 Å². The van der Waals surface area contributed by atoms with Crippen molar-refractivity contribution < 1.29 is 4.79 Å². The van der Waals surface area contributed by atoms with E-state index in [2.05, 4.69) is 4.98 Å². The predicted molar refractivity (Wildman–Crippen MR) is 47.8 cm³/mol. The van der Waals surface area contributed by atoms with Gasteiger partial charge in [0.25, 0.3) is 0 Å². The van der Waals surface area contributed by atoms with E-state index in [0.717, 1.165) is 16.6 Å². The fourth-order valence-corrected chi connectivity index (χ4v) is 1.38. The highest BCUT2D eigenvalue weighted by Crippen LogP contribution is 2.17. The summed E-state index contributed by atoms with van der Waals surface area (Å²) in [5, 5.41) is 1.06. The Bertz CT molecular complexity index is 428. The van der Waals surface area contributed by atoms with Crippen LogP contribution in [0.2, 0.25) is 0 Å². The summed E-state index contributed by atoms with van der Waals surface area (Å²) in [5.41, 5.74) is 2.54. The molecule has 0 aliphatic heterocycles. The van der Waals surface area contributed by atoms with E-state index in [1.54, 1.807) is 6.07 Å². The predicted octanol–water partition coefficient (Wildman–Crippen LogP) is 1.93. The molecule has 0 atom stereocenters. The van der Waals surface area contributed by atoms with E-state index in [4.69, 9.17) is 0 Å². The minimum Gasteiger partial charge on any atom is -0.358 e. The van der Waals surface area contributed by atoms with Crippen molar-refractivity contribution in [2.75, 3.05) is 0 Å². The molecule has 0 saturated heterocycles. The summed E-state index contributed by atoms with van der Waals surface area (Å²) in [6, 6.07) is 7.59. The van der Waals surface area contributed by atoms with Crippen molar-refractivity contribution >= 4 is 17.2 Å². The van der Waals surface area contributed by atoms with Gasteiger partial charge in [0, 0.05) is 11.1 Å². The lowest BCUT2D eigenvalue weighted by Crippen LogP contribution is -1.81. The standard InChI is InChI=1S/C10H8NO/c1-7-5-8-3-2-4-9(6-12)10(8)11-7/h2-5,11H,1H3. The number of aryl methyl sites for hydroxylation is 1. The smallest absolute Gasteiger partial charge is 0.235 e. The number of benzene rings is 1. The van der Waals surface area contributed by atoms with Crippen molar-refractivity contribution in [1.29, 1.82) is 0 Å². The molecular weight excluding hydrogens is 150 g/mol. The largest absolute Gasteiger partial charge is 0.358 e. The second-order valence-electron chi connectivity index (χ2n) is 2.82. The van der Waals surface area contributed by atoms with Crippen molar-refractivity contribution in [3.8, 4) is 0 Å². The monoisotopic (exact) mass is 158 g/mol. The number of para-hydroxylation sites is 1. The van der Waals surface area contributed by atoms with Gasteiger partial charge in [-0.15, -0.1) is 0 Å². The highest BCUT2D eigenvalue weighted by Gasteiger charge is 2.01. The molecule has 0 fully saturated rings. The Morgan fingerprint density at radius 1 is 1.42 bits per heavy atom. The summed E-state index contributed by atoms with van der Waals surface area (Å²) in [6.45, 7) is 1.97. The molecule has 1 heterocycles. The molecule has 0 aliphatic carbocycles. The molecule has 0 bridgehead atoms. The minimum atomic E-state index is 0.598. The second-order valence-corrected chi connectivity index (χ2v) is 2.82. The Labute approximate surface area is 70.2 Å². The van der Waals surface area contributed by atoms with Crippen LogP contribution in [0.4, 0.5) is 0 Å². The van der Waals surface area contributed by atoms with Crippen LogP contribution in [0.5, 0.6) is 0 Å². The third kappa shape index (κ3) is 0.925. The Morgan fingerprint density at radius 3 is 3.00 bits per heavy atom. The van der Waals surface area contributed by atoms with E-state index >= 15 is 0 Å². The zero-order chi connectivity index (χ0) is 8.55. The number of aromatic nitrogens is 1. The first-order valence-corrected chi connectivity index (χ1v) is 3.78. The van der Waals surface area contributed by atoms with Crippen LogP contribution in [0.3, 0.4) is 0 Å². The molecule has 0 aliphatic rings.